The highest BCUT2D eigenvalue weighted by Crippen LogP contribution is 2.54. The van der Waals surface area contributed by atoms with E-state index >= 15 is 0 Å². The third-order valence-electron chi connectivity index (χ3n) is 14.9. The molecule has 11 aromatic rings. The minimum atomic E-state index is -0.243. The second-order valence-corrected chi connectivity index (χ2v) is 21.3. The summed E-state index contributed by atoms with van der Waals surface area (Å²) in [4.78, 5) is 7.61. The maximum Gasteiger partial charge on any atom is 0.333 e. The van der Waals surface area contributed by atoms with Crippen molar-refractivity contribution in [3.05, 3.63) is 230 Å². The van der Waals surface area contributed by atoms with E-state index in [2.05, 4.69) is 275 Å². The molecule has 0 atom stereocenters. The van der Waals surface area contributed by atoms with Crippen molar-refractivity contribution < 1.29 is 4.42 Å². The van der Waals surface area contributed by atoms with E-state index in [-0.39, 0.29) is 17.7 Å². The Bertz CT molecular complexity index is 3810. The molecule has 3 heterocycles. The standard InChI is InChI=1S/C66H54BN3O/c1-65(2,3)45-30-33-49(34-31-45)70-59-39-36-53-52-28-18-19-29-60(52)71-64(53)61(59)55-40-44-22-16-17-27-51(44)63-62(55)67(70)56-42-50(68(47-23-12-8-13-24-47)48-25-14-9-15-26-48)35-38-58(56)69(63)57-37-32-46(66(4,5)6)41-54(57)43-20-10-7-11-21-43/h7-42H,1-6H3. The number of anilines is 8. The monoisotopic (exact) mass is 915 g/mol. The van der Waals surface area contributed by atoms with Gasteiger partial charge >= 0.3 is 6.85 Å². The highest BCUT2D eigenvalue weighted by Gasteiger charge is 2.47. The molecule has 0 fully saturated rings. The van der Waals surface area contributed by atoms with E-state index in [0.717, 1.165) is 67.3 Å². The highest BCUT2D eigenvalue weighted by molar-refractivity contribution is 6.94. The number of furan rings is 1. The van der Waals surface area contributed by atoms with Crippen LogP contribution >= 0.6 is 0 Å². The summed E-state index contributed by atoms with van der Waals surface area (Å²) in [6.45, 7) is 13.6. The third kappa shape index (κ3) is 6.89. The Morgan fingerprint density at radius 2 is 1.04 bits per heavy atom. The topological polar surface area (TPSA) is 22.9 Å². The minimum Gasteiger partial charge on any atom is -0.455 e. The Kier molecular flexibility index (Phi) is 9.73. The molecule has 4 nitrogen and oxygen atoms in total. The highest BCUT2D eigenvalue weighted by atomic mass is 16.3. The SMILES string of the molecule is CC(C)(C)c1ccc(N2B3c4cc(N(c5ccccc5)c5ccccc5)ccc4N(c4ccc(C(C)(C)C)cc4-c4ccccc4)c4c3c(cc3ccccc43)-c3c2ccc2c3oc3ccccc32)cc1. The van der Waals surface area contributed by atoms with Gasteiger partial charge < -0.3 is 19.0 Å². The Morgan fingerprint density at radius 1 is 0.451 bits per heavy atom. The molecule has 0 bridgehead atoms. The quantitative estimate of drug-likeness (QED) is 0.155. The maximum atomic E-state index is 7.10. The molecule has 10 aromatic carbocycles. The Balaban J connectivity index is 1.19. The van der Waals surface area contributed by atoms with Crippen LogP contribution in [0.1, 0.15) is 52.7 Å². The van der Waals surface area contributed by atoms with Gasteiger partial charge in [0.05, 0.1) is 11.4 Å². The lowest BCUT2D eigenvalue weighted by Gasteiger charge is -2.47. The molecule has 0 saturated heterocycles. The van der Waals surface area contributed by atoms with E-state index in [1.54, 1.807) is 0 Å². The zero-order chi connectivity index (χ0) is 48.2. The molecule has 0 amide bonds. The molecule has 0 aliphatic carbocycles. The molecule has 5 heteroatoms. The summed E-state index contributed by atoms with van der Waals surface area (Å²) in [5, 5.41) is 4.61. The predicted octanol–water partition coefficient (Wildman–Crippen LogP) is 17.2. The normalized spacial score (nSPS) is 13.1. The van der Waals surface area contributed by atoms with Crippen molar-refractivity contribution >= 4 is 96.0 Å². The molecular formula is C66H54BN3O. The van der Waals surface area contributed by atoms with E-state index in [1.807, 2.05) is 0 Å². The predicted molar refractivity (Wildman–Crippen MR) is 302 cm³/mol. The summed E-state index contributed by atoms with van der Waals surface area (Å²) in [6, 6.07) is 80.7. The number of fused-ring (bicyclic) bond motifs is 10. The van der Waals surface area contributed by atoms with E-state index in [9.17, 15) is 0 Å². The van der Waals surface area contributed by atoms with Gasteiger partial charge in [0.25, 0.3) is 0 Å². The van der Waals surface area contributed by atoms with E-state index in [4.69, 9.17) is 4.42 Å². The van der Waals surface area contributed by atoms with Crippen molar-refractivity contribution in [1.29, 1.82) is 0 Å². The fourth-order valence-electron chi connectivity index (χ4n) is 11.4. The fourth-order valence-corrected chi connectivity index (χ4v) is 11.4. The van der Waals surface area contributed by atoms with E-state index < -0.39 is 0 Å². The van der Waals surface area contributed by atoms with Crippen LogP contribution in [-0.2, 0) is 10.8 Å². The molecule has 0 unspecified atom stereocenters. The molecule has 0 spiro atoms. The Labute approximate surface area is 417 Å². The second kappa shape index (κ2) is 16.1. The molecule has 0 radical (unpaired) electrons. The van der Waals surface area contributed by atoms with Crippen LogP contribution in [-0.4, -0.2) is 6.85 Å². The van der Waals surface area contributed by atoms with Gasteiger partial charge in [-0.1, -0.05) is 169 Å². The van der Waals surface area contributed by atoms with E-state index in [1.165, 1.54) is 55.2 Å². The molecule has 0 saturated carbocycles. The summed E-state index contributed by atoms with van der Waals surface area (Å²) in [5.41, 5.74) is 20.4. The molecular weight excluding hydrogens is 862 g/mol. The van der Waals surface area contributed by atoms with Crippen molar-refractivity contribution in [1.82, 2.24) is 0 Å². The smallest absolute Gasteiger partial charge is 0.333 e. The van der Waals surface area contributed by atoms with Crippen LogP contribution in [0.15, 0.2) is 223 Å². The molecule has 13 rings (SSSR count). The Hall–Kier alpha value is -8.28. The zero-order valence-corrected chi connectivity index (χ0v) is 41.1. The van der Waals surface area contributed by atoms with Gasteiger partial charge in [-0.3, -0.25) is 0 Å². The molecule has 2 aliphatic rings. The van der Waals surface area contributed by atoms with Gasteiger partial charge in [0.15, 0.2) is 0 Å². The van der Waals surface area contributed by atoms with Crippen LogP contribution in [0.25, 0.3) is 55.0 Å². The average Bonchev–Trinajstić information content (AvgIpc) is 3.78. The van der Waals surface area contributed by atoms with Gasteiger partial charge in [0.1, 0.15) is 11.2 Å². The minimum absolute atomic E-state index is 0.0123. The average molecular weight is 916 g/mol. The van der Waals surface area contributed by atoms with Gasteiger partial charge in [-0.15, -0.1) is 0 Å². The number of benzene rings is 10. The number of hydrogen-bond acceptors (Lipinski definition) is 4. The summed E-state index contributed by atoms with van der Waals surface area (Å²) < 4.78 is 7.10. The lowest BCUT2D eigenvalue weighted by Crippen LogP contribution is -2.61. The number of nitrogens with zero attached hydrogens (tertiary/aromatic N) is 3. The Morgan fingerprint density at radius 3 is 1.73 bits per heavy atom. The first-order chi connectivity index (χ1) is 34.5. The second-order valence-electron chi connectivity index (χ2n) is 21.3. The number of para-hydroxylation sites is 3. The fraction of sp³-hybridized carbons (Fsp3) is 0.121. The van der Waals surface area contributed by atoms with Crippen LogP contribution in [0.2, 0.25) is 0 Å². The van der Waals surface area contributed by atoms with Crippen LogP contribution in [0, 0.1) is 0 Å². The first-order valence-electron chi connectivity index (χ1n) is 25.0. The molecule has 0 N–H and O–H groups in total. The van der Waals surface area contributed by atoms with Gasteiger partial charge in [0, 0.05) is 61.4 Å². The zero-order valence-electron chi connectivity index (χ0n) is 41.1. The van der Waals surface area contributed by atoms with Crippen molar-refractivity contribution in [3.8, 4) is 22.3 Å². The van der Waals surface area contributed by atoms with Gasteiger partial charge in [-0.05, 0) is 140 Å². The summed E-state index contributed by atoms with van der Waals surface area (Å²) in [7, 11) is 0. The summed E-state index contributed by atoms with van der Waals surface area (Å²) in [5.74, 6) is 0. The van der Waals surface area contributed by atoms with Gasteiger partial charge in [-0.25, -0.2) is 0 Å². The van der Waals surface area contributed by atoms with Gasteiger partial charge in [0.2, 0.25) is 0 Å². The van der Waals surface area contributed by atoms with Crippen molar-refractivity contribution in [2.45, 2.75) is 52.4 Å². The summed E-state index contributed by atoms with van der Waals surface area (Å²) in [6.07, 6.45) is 0. The van der Waals surface area contributed by atoms with Crippen LogP contribution in [0.3, 0.4) is 0 Å². The first kappa shape index (κ1) is 42.8. The molecule has 342 valence electrons. The third-order valence-corrected chi connectivity index (χ3v) is 14.9. The number of rotatable bonds is 6. The van der Waals surface area contributed by atoms with Crippen molar-refractivity contribution in [2.75, 3.05) is 14.6 Å². The van der Waals surface area contributed by atoms with Crippen LogP contribution in [0.4, 0.5) is 45.5 Å². The molecule has 71 heavy (non-hydrogen) atoms. The van der Waals surface area contributed by atoms with Crippen molar-refractivity contribution in [3.63, 3.8) is 0 Å². The molecule has 1 aromatic heterocycles. The lowest BCUT2D eigenvalue weighted by molar-refractivity contribution is 0.590. The first-order valence-corrected chi connectivity index (χ1v) is 25.0. The summed E-state index contributed by atoms with van der Waals surface area (Å²) >= 11 is 0. The maximum absolute atomic E-state index is 7.10. The lowest BCUT2D eigenvalue weighted by atomic mass is 9.43. The van der Waals surface area contributed by atoms with Crippen molar-refractivity contribution in [2.24, 2.45) is 0 Å². The van der Waals surface area contributed by atoms with E-state index in [0.29, 0.717) is 0 Å². The molecule has 2 aliphatic heterocycles. The van der Waals surface area contributed by atoms with Crippen LogP contribution in [0.5, 0.6) is 0 Å². The largest absolute Gasteiger partial charge is 0.455 e. The number of hydrogen-bond donors (Lipinski definition) is 0. The van der Waals surface area contributed by atoms with Gasteiger partial charge in [-0.2, -0.15) is 0 Å². The van der Waals surface area contributed by atoms with Crippen LogP contribution < -0.4 is 25.5 Å².